The molecule has 2 aromatic carbocycles. The summed E-state index contributed by atoms with van der Waals surface area (Å²) in [4.78, 5) is 39.4. The highest BCUT2D eigenvalue weighted by molar-refractivity contribution is 7.09. The van der Waals surface area contributed by atoms with Crippen LogP contribution in [0.4, 0.5) is 20.2 Å². The second-order valence-corrected chi connectivity index (χ2v) is 7.80. The van der Waals surface area contributed by atoms with E-state index in [4.69, 9.17) is 16.2 Å². The highest BCUT2D eigenvalue weighted by atomic mass is 32.1. The normalized spacial score (nSPS) is 11.6. The maximum absolute atomic E-state index is 14.2. The number of hydrogen-bond acceptors (Lipinski definition) is 7. The number of benzene rings is 2. The number of nitrogen functional groups attached to an aromatic ring is 1. The summed E-state index contributed by atoms with van der Waals surface area (Å²) in [6, 6.07) is 8.59. The number of primary amides is 1. The monoisotopic (exact) mass is 489 g/mol. The van der Waals surface area contributed by atoms with Gasteiger partial charge in [0.2, 0.25) is 5.91 Å². The minimum Gasteiger partial charge on any atom is -0.395 e. The summed E-state index contributed by atoms with van der Waals surface area (Å²) in [5, 5.41) is 2.64. The van der Waals surface area contributed by atoms with Crippen LogP contribution >= 0.6 is 11.5 Å². The van der Waals surface area contributed by atoms with Crippen molar-refractivity contribution < 1.29 is 27.9 Å². The number of nitrogens with two attached hydrogens (primary N) is 2. The molecule has 0 saturated heterocycles. The van der Waals surface area contributed by atoms with Gasteiger partial charge in [-0.3, -0.25) is 19.3 Å². The quantitative estimate of drug-likeness (QED) is 0.394. The molecule has 3 amide bonds. The van der Waals surface area contributed by atoms with Crippen molar-refractivity contribution in [3.63, 3.8) is 0 Å². The number of aromatic nitrogens is 1. The lowest BCUT2D eigenvalue weighted by molar-refractivity contribution is -0.122. The molecule has 0 bridgehead atoms. The van der Waals surface area contributed by atoms with Crippen molar-refractivity contribution in [2.24, 2.45) is 5.73 Å². The highest BCUT2D eigenvalue weighted by Gasteiger charge is 2.36. The standard InChI is InChI=1S/C22H21F2N5O4S/c1-33-10-9-27-21(31)18(12-5-7-13(23)8-6-12)29(15-4-2-3-14(24)11-15)22(32)19-16(25)17(20(26)30)28-34-19/h2-8,11,18H,9-10,25H2,1H3,(H2,26,30)(H,27,31)/t18-/m1/s1. The van der Waals surface area contributed by atoms with E-state index < -0.39 is 35.4 Å². The fraction of sp³-hybridized carbons (Fsp3) is 0.182. The Labute approximate surface area is 197 Å². The Kier molecular flexibility index (Phi) is 7.87. The third-order valence-corrected chi connectivity index (χ3v) is 5.61. The van der Waals surface area contributed by atoms with Crippen molar-refractivity contribution in [2.75, 3.05) is 30.9 Å². The van der Waals surface area contributed by atoms with E-state index in [0.717, 1.165) is 23.1 Å². The Morgan fingerprint density at radius 2 is 1.85 bits per heavy atom. The van der Waals surface area contributed by atoms with E-state index in [1.54, 1.807) is 0 Å². The van der Waals surface area contributed by atoms with E-state index in [1.165, 1.54) is 37.4 Å². The Morgan fingerprint density at radius 3 is 2.44 bits per heavy atom. The van der Waals surface area contributed by atoms with Gasteiger partial charge in [-0.25, -0.2) is 8.78 Å². The number of halogens is 2. The summed E-state index contributed by atoms with van der Waals surface area (Å²) in [6.07, 6.45) is 0. The van der Waals surface area contributed by atoms with E-state index in [0.29, 0.717) is 11.5 Å². The van der Waals surface area contributed by atoms with Crippen LogP contribution in [0.2, 0.25) is 0 Å². The molecular formula is C22H21F2N5O4S. The maximum Gasteiger partial charge on any atom is 0.273 e. The van der Waals surface area contributed by atoms with Crippen LogP contribution < -0.4 is 21.7 Å². The number of ether oxygens (including phenoxy) is 1. The predicted molar refractivity (Wildman–Crippen MR) is 122 cm³/mol. The number of rotatable bonds is 9. The van der Waals surface area contributed by atoms with Crippen LogP contribution in [0.25, 0.3) is 0 Å². The Balaban J connectivity index is 2.17. The smallest absolute Gasteiger partial charge is 0.273 e. The van der Waals surface area contributed by atoms with Crippen LogP contribution in [0.5, 0.6) is 0 Å². The molecule has 0 aliphatic heterocycles. The zero-order valence-electron chi connectivity index (χ0n) is 18.0. The van der Waals surface area contributed by atoms with Crippen molar-refractivity contribution in [3.05, 3.63) is 76.3 Å². The van der Waals surface area contributed by atoms with Gasteiger partial charge in [-0.05, 0) is 47.4 Å². The number of nitrogens with one attached hydrogen (secondary N) is 1. The van der Waals surface area contributed by atoms with Gasteiger partial charge in [-0.1, -0.05) is 18.2 Å². The highest BCUT2D eigenvalue weighted by Crippen LogP contribution is 2.33. The first-order valence-corrected chi connectivity index (χ1v) is 10.7. The van der Waals surface area contributed by atoms with E-state index >= 15 is 0 Å². The number of carbonyl (C=O) groups is 3. The molecule has 9 nitrogen and oxygen atoms in total. The zero-order chi connectivity index (χ0) is 24.8. The Morgan fingerprint density at radius 1 is 1.15 bits per heavy atom. The molecule has 0 aliphatic carbocycles. The third-order valence-electron chi connectivity index (χ3n) is 4.76. The molecule has 0 fully saturated rings. The van der Waals surface area contributed by atoms with Gasteiger partial charge >= 0.3 is 0 Å². The molecule has 1 atom stereocenters. The molecule has 0 saturated carbocycles. The van der Waals surface area contributed by atoms with Crippen LogP contribution in [-0.4, -0.2) is 42.4 Å². The summed E-state index contributed by atoms with van der Waals surface area (Å²) >= 11 is 0.616. The lowest BCUT2D eigenvalue weighted by Gasteiger charge is -2.31. The van der Waals surface area contributed by atoms with E-state index in [-0.39, 0.29) is 40.7 Å². The van der Waals surface area contributed by atoms with Crippen LogP contribution in [0.3, 0.4) is 0 Å². The van der Waals surface area contributed by atoms with Gasteiger partial charge in [-0.2, -0.15) is 4.37 Å². The number of amides is 3. The summed E-state index contributed by atoms with van der Waals surface area (Å²) in [5.74, 6) is -3.62. The Hall–Kier alpha value is -3.90. The van der Waals surface area contributed by atoms with E-state index in [2.05, 4.69) is 9.69 Å². The number of methoxy groups -OCH3 is 1. The molecular weight excluding hydrogens is 468 g/mol. The second-order valence-electron chi connectivity index (χ2n) is 7.03. The molecule has 178 valence electrons. The fourth-order valence-electron chi connectivity index (χ4n) is 3.18. The van der Waals surface area contributed by atoms with Crippen molar-refractivity contribution in [1.82, 2.24) is 9.69 Å². The van der Waals surface area contributed by atoms with Crippen LogP contribution in [0.1, 0.15) is 31.8 Å². The van der Waals surface area contributed by atoms with Gasteiger partial charge in [0.15, 0.2) is 5.69 Å². The van der Waals surface area contributed by atoms with Crippen molar-refractivity contribution in [2.45, 2.75) is 6.04 Å². The summed E-state index contributed by atoms with van der Waals surface area (Å²) in [6.45, 7) is 0.312. The molecule has 0 aliphatic rings. The summed E-state index contributed by atoms with van der Waals surface area (Å²) in [5.41, 5.74) is 10.9. The van der Waals surface area contributed by atoms with Crippen LogP contribution in [-0.2, 0) is 9.53 Å². The summed E-state index contributed by atoms with van der Waals surface area (Å²) < 4.78 is 36.6. The van der Waals surface area contributed by atoms with Gasteiger partial charge in [0.25, 0.3) is 11.8 Å². The molecule has 0 spiro atoms. The lowest BCUT2D eigenvalue weighted by Crippen LogP contribution is -2.44. The fourth-order valence-corrected chi connectivity index (χ4v) is 3.93. The minimum absolute atomic E-state index is 0.0228. The molecule has 12 heteroatoms. The van der Waals surface area contributed by atoms with Gasteiger partial charge in [0.1, 0.15) is 22.6 Å². The maximum atomic E-state index is 14.2. The number of anilines is 2. The van der Waals surface area contributed by atoms with Crippen LogP contribution in [0.15, 0.2) is 48.5 Å². The van der Waals surface area contributed by atoms with Crippen LogP contribution in [0, 0.1) is 11.6 Å². The van der Waals surface area contributed by atoms with Gasteiger partial charge < -0.3 is 21.5 Å². The molecule has 3 aromatic rings. The lowest BCUT2D eigenvalue weighted by atomic mass is 10.0. The number of nitrogens with zero attached hydrogens (tertiary/aromatic N) is 2. The minimum atomic E-state index is -1.36. The second kappa shape index (κ2) is 10.8. The molecule has 34 heavy (non-hydrogen) atoms. The molecule has 1 heterocycles. The van der Waals surface area contributed by atoms with E-state index in [1.807, 2.05) is 0 Å². The largest absolute Gasteiger partial charge is 0.395 e. The first-order valence-electron chi connectivity index (χ1n) is 9.90. The SMILES string of the molecule is COCCNC(=O)[C@@H](c1ccc(F)cc1)N(C(=O)c1snc(C(N)=O)c1N)c1cccc(F)c1. The average molecular weight is 490 g/mol. The topological polar surface area (TPSA) is 141 Å². The summed E-state index contributed by atoms with van der Waals surface area (Å²) in [7, 11) is 1.45. The van der Waals surface area contributed by atoms with Gasteiger partial charge in [0, 0.05) is 19.3 Å². The van der Waals surface area contributed by atoms with Gasteiger partial charge in [-0.15, -0.1) is 0 Å². The molecule has 0 unspecified atom stereocenters. The first-order chi connectivity index (χ1) is 16.2. The molecule has 1 aromatic heterocycles. The zero-order valence-corrected chi connectivity index (χ0v) is 18.8. The van der Waals surface area contributed by atoms with Crippen molar-refractivity contribution >= 4 is 40.6 Å². The van der Waals surface area contributed by atoms with E-state index in [9.17, 15) is 23.2 Å². The predicted octanol–water partition coefficient (Wildman–Crippen LogP) is 2.25. The number of carbonyl (C=O) groups excluding carboxylic acids is 3. The van der Waals surface area contributed by atoms with Crippen molar-refractivity contribution in [1.29, 1.82) is 0 Å². The average Bonchev–Trinajstić information content (AvgIpc) is 3.19. The first kappa shape index (κ1) is 24.7. The Bertz CT molecular complexity index is 1200. The van der Waals surface area contributed by atoms with Gasteiger partial charge in [0.05, 0.1) is 12.3 Å². The van der Waals surface area contributed by atoms with Crippen molar-refractivity contribution in [3.8, 4) is 0 Å². The third kappa shape index (κ3) is 5.35. The molecule has 3 rings (SSSR count). The number of hydrogen-bond donors (Lipinski definition) is 3. The molecule has 0 radical (unpaired) electrons. The molecule has 5 N–H and O–H groups in total.